The van der Waals surface area contributed by atoms with Crippen LogP contribution >= 0.6 is 0 Å². The number of benzene rings is 1. The summed E-state index contributed by atoms with van der Waals surface area (Å²) >= 11 is 0. The maximum atomic E-state index is 11.5. The standard InChI is InChI=1S/C13H16N2O2/c1-2-11(9-14)13(17)15-8-7-10-3-5-12(16)6-4-10/h3-6,11,16H,2,7-8H2,1H3,(H,15,17). The zero-order valence-corrected chi connectivity index (χ0v) is 9.81. The molecule has 1 aromatic rings. The third kappa shape index (κ3) is 4.15. The molecule has 0 fully saturated rings. The third-order valence-corrected chi connectivity index (χ3v) is 2.53. The van der Waals surface area contributed by atoms with Gasteiger partial charge in [-0.2, -0.15) is 5.26 Å². The van der Waals surface area contributed by atoms with E-state index in [2.05, 4.69) is 5.32 Å². The number of carbonyl (C=O) groups is 1. The fourth-order valence-electron chi connectivity index (χ4n) is 1.45. The Balaban J connectivity index is 2.35. The van der Waals surface area contributed by atoms with E-state index in [-0.39, 0.29) is 11.7 Å². The van der Waals surface area contributed by atoms with E-state index in [0.29, 0.717) is 19.4 Å². The SMILES string of the molecule is CCC(C#N)C(=O)NCCc1ccc(O)cc1. The van der Waals surface area contributed by atoms with Gasteiger partial charge >= 0.3 is 0 Å². The Morgan fingerprint density at radius 2 is 2.12 bits per heavy atom. The monoisotopic (exact) mass is 232 g/mol. The van der Waals surface area contributed by atoms with Gasteiger partial charge in [0, 0.05) is 6.54 Å². The highest BCUT2D eigenvalue weighted by Gasteiger charge is 2.14. The Labute approximate surface area is 101 Å². The van der Waals surface area contributed by atoms with Gasteiger partial charge in [-0.1, -0.05) is 19.1 Å². The van der Waals surface area contributed by atoms with Gasteiger partial charge in [0.1, 0.15) is 11.7 Å². The molecule has 0 saturated carbocycles. The predicted octanol–water partition coefficient (Wildman–Crippen LogP) is 1.60. The predicted molar refractivity (Wildman–Crippen MR) is 64.2 cm³/mol. The van der Waals surface area contributed by atoms with Crippen molar-refractivity contribution in [2.75, 3.05) is 6.54 Å². The van der Waals surface area contributed by atoms with Gasteiger partial charge in [0.15, 0.2) is 0 Å². The van der Waals surface area contributed by atoms with Crippen LogP contribution in [-0.4, -0.2) is 17.6 Å². The average molecular weight is 232 g/mol. The molecule has 0 bridgehead atoms. The quantitative estimate of drug-likeness (QED) is 0.809. The lowest BCUT2D eigenvalue weighted by Crippen LogP contribution is -2.31. The maximum Gasteiger partial charge on any atom is 0.237 e. The second-order valence-electron chi connectivity index (χ2n) is 3.80. The Morgan fingerprint density at radius 1 is 1.47 bits per heavy atom. The highest BCUT2D eigenvalue weighted by atomic mass is 16.3. The van der Waals surface area contributed by atoms with Crippen molar-refractivity contribution in [1.82, 2.24) is 5.32 Å². The molecule has 0 saturated heterocycles. The minimum absolute atomic E-state index is 0.214. The molecule has 1 unspecified atom stereocenters. The smallest absolute Gasteiger partial charge is 0.237 e. The van der Waals surface area contributed by atoms with Gasteiger partial charge < -0.3 is 10.4 Å². The van der Waals surface area contributed by atoms with Crippen LogP contribution in [0.25, 0.3) is 0 Å². The Morgan fingerprint density at radius 3 is 2.65 bits per heavy atom. The molecule has 4 heteroatoms. The van der Waals surface area contributed by atoms with E-state index < -0.39 is 5.92 Å². The van der Waals surface area contributed by atoms with E-state index >= 15 is 0 Å². The van der Waals surface area contributed by atoms with Crippen molar-refractivity contribution in [1.29, 1.82) is 5.26 Å². The number of aromatic hydroxyl groups is 1. The summed E-state index contributed by atoms with van der Waals surface area (Å²) in [6.07, 6.45) is 1.22. The first kappa shape index (κ1) is 13.0. The van der Waals surface area contributed by atoms with Gasteiger partial charge in [0.2, 0.25) is 5.91 Å². The van der Waals surface area contributed by atoms with Crippen LogP contribution in [0.3, 0.4) is 0 Å². The molecular weight excluding hydrogens is 216 g/mol. The van der Waals surface area contributed by atoms with Crippen LogP contribution in [-0.2, 0) is 11.2 Å². The molecule has 1 amide bonds. The Bertz CT molecular complexity index is 406. The van der Waals surface area contributed by atoms with Crippen molar-refractivity contribution < 1.29 is 9.90 Å². The van der Waals surface area contributed by atoms with Gasteiger partial charge in [-0.15, -0.1) is 0 Å². The zero-order valence-electron chi connectivity index (χ0n) is 9.81. The molecule has 0 spiro atoms. The van der Waals surface area contributed by atoms with Crippen molar-refractivity contribution in [3.05, 3.63) is 29.8 Å². The van der Waals surface area contributed by atoms with Crippen molar-refractivity contribution >= 4 is 5.91 Å². The van der Waals surface area contributed by atoms with Crippen LogP contribution < -0.4 is 5.32 Å². The number of nitrogens with one attached hydrogen (secondary N) is 1. The van der Waals surface area contributed by atoms with Crippen LogP contribution in [0.5, 0.6) is 5.75 Å². The lowest BCUT2D eigenvalue weighted by Gasteiger charge is -2.08. The lowest BCUT2D eigenvalue weighted by molar-refractivity contribution is -0.123. The molecule has 17 heavy (non-hydrogen) atoms. The number of rotatable bonds is 5. The number of phenolic OH excluding ortho intramolecular Hbond substituents is 1. The van der Waals surface area contributed by atoms with Gasteiger partial charge in [-0.05, 0) is 30.5 Å². The molecule has 1 rings (SSSR count). The van der Waals surface area contributed by atoms with Gasteiger partial charge in [0.05, 0.1) is 6.07 Å². The van der Waals surface area contributed by atoms with Crippen molar-refractivity contribution in [2.45, 2.75) is 19.8 Å². The molecule has 0 aromatic heterocycles. The molecule has 4 nitrogen and oxygen atoms in total. The Kier molecular flexibility index (Phi) is 5.02. The second kappa shape index (κ2) is 6.54. The van der Waals surface area contributed by atoms with Crippen LogP contribution in [0.15, 0.2) is 24.3 Å². The summed E-state index contributed by atoms with van der Waals surface area (Å²) in [5.74, 6) is -0.545. The topological polar surface area (TPSA) is 73.1 Å². The molecule has 90 valence electrons. The molecule has 0 heterocycles. The van der Waals surface area contributed by atoms with E-state index in [0.717, 1.165) is 5.56 Å². The molecule has 0 radical (unpaired) electrons. The number of nitriles is 1. The summed E-state index contributed by atoms with van der Waals surface area (Å²) < 4.78 is 0. The fraction of sp³-hybridized carbons (Fsp3) is 0.385. The first-order valence-corrected chi connectivity index (χ1v) is 5.62. The van der Waals surface area contributed by atoms with Gasteiger partial charge in [-0.25, -0.2) is 0 Å². The normalized spacial score (nSPS) is 11.5. The number of hydrogen-bond donors (Lipinski definition) is 2. The van der Waals surface area contributed by atoms with E-state index in [1.165, 1.54) is 0 Å². The first-order chi connectivity index (χ1) is 8.17. The van der Waals surface area contributed by atoms with E-state index in [1.807, 2.05) is 25.1 Å². The van der Waals surface area contributed by atoms with Crippen molar-refractivity contribution in [2.24, 2.45) is 5.92 Å². The second-order valence-corrected chi connectivity index (χ2v) is 3.80. The van der Waals surface area contributed by atoms with Crippen LogP contribution in [0.4, 0.5) is 0 Å². The Hall–Kier alpha value is -2.02. The largest absolute Gasteiger partial charge is 0.508 e. The highest BCUT2D eigenvalue weighted by Crippen LogP contribution is 2.09. The zero-order chi connectivity index (χ0) is 12.7. The van der Waals surface area contributed by atoms with Gasteiger partial charge in [-0.3, -0.25) is 4.79 Å². The average Bonchev–Trinajstić information content (AvgIpc) is 2.33. The number of hydrogen-bond acceptors (Lipinski definition) is 3. The number of amides is 1. The first-order valence-electron chi connectivity index (χ1n) is 5.62. The summed E-state index contributed by atoms with van der Waals surface area (Å²) in [5.41, 5.74) is 1.04. The molecule has 1 atom stereocenters. The highest BCUT2D eigenvalue weighted by molar-refractivity contribution is 5.80. The summed E-state index contributed by atoms with van der Waals surface area (Å²) in [5, 5.41) is 20.5. The molecule has 2 N–H and O–H groups in total. The molecule has 0 aliphatic rings. The molecule has 0 aliphatic carbocycles. The number of phenols is 1. The summed E-state index contributed by atoms with van der Waals surface area (Å²) in [7, 11) is 0. The third-order valence-electron chi connectivity index (χ3n) is 2.53. The van der Waals surface area contributed by atoms with Crippen LogP contribution in [0.1, 0.15) is 18.9 Å². The molecular formula is C13H16N2O2. The summed E-state index contributed by atoms with van der Waals surface area (Å²) in [6.45, 7) is 2.31. The van der Waals surface area contributed by atoms with Crippen molar-refractivity contribution in [3.63, 3.8) is 0 Å². The van der Waals surface area contributed by atoms with E-state index in [1.54, 1.807) is 12.1 Å². The van der Waals surface area contributed by atoms with Crippen LogP contribution in [0, 0.1) is 17.2 Å². The van der Waals surface area contributed by atoms with Crippen LogP contribution in [0.2, 0.25) is 0 Å². The van der Waals surface area contributed by atoms with Crippen molar-refractivity contribution in [3.8, 4) is 11.8 Å². The van der Waals surface area contributed by atoms with Gasteiger partial charge in [0.25, 0.3) is 0 Å². The molecule has 1 aromatic carbocycles. The number of carbonyl (C=O) groups excluding carboxylic acids is 1. The minimum Gasteiger partial charge on any atom is -0.508 e. The molecule has 0 aliphatic heterocycles. The number of nitrogens with zero attached hydrogens (tertiary/aromatic N) is 1. The minimum atomic E-state index is -0.560. The lowest BCUT2D eigenvalue weighted by atomic mass is 10.1. The maximum absolute atomic E-state index is 11.5. The fourth-order valence-corrected chi connectivity index (χ4v) is 1.45. The van der Waals surface area contributed by atoms with E-state index in [4.69, 9.17) is 10.4 Å². The van der Waals surface area contributed by atoms with E-state index in [9.17, 15) is 4.79 Å². The summed E-state index contributed by atoms with van der Waals surface area (Å²) in [6, 6.07) is 8.80. The summed E-state index contributed by atoms with van der Waals surface area (Å²) in [4.78, 5) is 11.5.